The fourth-order valence-electron chi connectivity index (χ4n) is 4.90. The van der Waals surface area contributed by atoms with E-state index in [1.165, 1.54) is 7.11 Å². The molecular formula is C26H26N2O3. The minimum Gasteiger partial charge on any atom is -0.465 e. The molecule has 0 aromatic heterocycles. The molecule has 5 rings (SSSR count). The Morgan fingerprint density at radius 3 is 2.42 bits per heavy atom. The lowest BCUT2D eigenvalue weighted by Gasteiger charge is -2.34. The van der Waals surface area contributed by atoms with E-state index in [-0.39, 0.29) is 23.3 Å². The summed E-state index contributed by atoms with van der Waals surface area (Å²) in [7, 11) is 1.39. The summed E-state index contributed by atoms with van der Waals surface area (Å²) in [5.74, 6) is -0.286. The molecule has 1 amide bonds. The maximum absolute atomic E-state index is 13.0. The zero-order valence-corrected chi connectivity index (χ0v) is 17.6. The number of carbonyl (C=O) groups excluding carboxylic acids is 2. The molecule has 0 radical (unpaired) electrons. The number of nitrogens with zero attached hydrogens (tertiary/aromatic N) is 1. The molecule has 1 atom stereocenters. The first-order chi connectivity index (χ1) is 15.1. The largest absolute Gasteiger partial charge is 0.465 e. The number of anilines is 1. The third-order valence-electron chi connectivity index (χ3n) is 6.94. The number of rotatable bonds is 4. The van der Waals surface area contributed by atoms with E-state index in [9.17, 15) is 9.59 Å². The third-order valence-corrected chi connectivity index (χ3v) is 6.94. The molecule has 3 aromatic rings. The Labute approximate surface area is 182 Å². The van der Waals surface area contributed by atoms with Gasteiger partial charge in [0.25, 0.3) is 5.91 Å². The molecule has 0 bridgehead atoms. The van der Waals surface area contributed by atoms with Gasteiger partial charge in [0, 0.05) is 30.4 Å². The number of hydrogen-bond donors (Lipinski definition) is 1. The Bertz CT molecular complexity index is 1130. The summed E-state index contributed by atoms with van der Waals surface area (Å²) in [5, 5.41) is 5.39. The molecule has 5 nitrogen and oxygen atoms in total. The number of esters is 1. The normalized spacial score (nSPS) is 19.3. The number of carbonyl (C=O) groups is 2. The summed E-state index contributed by atoms with van der Waals surface area (Å²) in [4.78, 5) is 27.0. The number of nitrogens with one attached hydrogen (secondary N) is 1. The van der Waals surface area contributed by atoms with Gasteiger partial charge in [-0.3, -0.25) is 4.79 Å². The predicted octanol–water partition coefficient (Wildman–Crippen LogP) is 4.42. The van der Waals surface area contributed by atoms with Gasteiger partial charge in [-0.25, -0.2) is 4.79 Å². The van der Waals surface area contributed by atoms with Gasteiger partial charge in [-0.1, -0.05) is 36.4 Å². The highest BCUT2D eigenvalue weighted by Crippen LogP contribution is 2.54. The third kappa shape index (κ3) is 3.65. The highest BCUT2D eigenvalue weighted by molar-refractivity contribution is 6.07. The van der Waals surface area contributed by atoms with Crippen LogP contribution in [0.2, 0.25) is 0 Å². The second kappa shape index (κ2) is 7.73. The lowest BCUT2D eigenvalue weighted by atomic mass is 9.92. The molecule has 1 unspecified atom stereocenters. The van der Waals surface area contributed by atoms with Crippen LogP contribution in [0.4, 0.5) is 5.69 Å². The van der Waals surface area contributed by atoms with Crippen LogP contribution in [0, 0.1) is 5.41 Å². The van der Waals surface area contributed by atoms with Gasteiger partial charge in [-0.05, 0) is 65.8 Å². The van der Waals surface area contributed by atoms with Gasteiger partial charge in [-0.15, -0.1) is 0 Å². The van der Waals surface area contributed by atoms with Crippen LogP contribution in [0.1, 0.15) is 40.0 Å². The van der Waals surface area contributed by atoms with E-state index in [0.717, 1.165) is 54.4 Å². The zero-order chi connectivity index (χ0) is 21.4. The monoisotopic (exact) mass is 414 g/mol. The van der Waals surface area contributed by atoms with Crippen molar-refractivity contribution in [1.29, 1.82) is 0 Å². The summed E-state index contributed by atoms with van der Waals surface area (Å²) in [6.45, 7) is 1.91. The molecule has 1 spiro atoms. The van der Waals surface area contributed by atoms with Crippen molar-refractivity contribution in [1.82, 2.24) is 5.32 Å². The molecule has 158 valence electrons. The molecule has 2 fully saturated rings. The molecule has 1 aliphatic carbocycles. The molecule has 1 heterocycles. The van der Waals surface area contributed by atoms with Gasteiger partial charge >= 0.3 is 5.97 Å². The lowest BCUT2D eigenvalue weighted by molar-refractivity contribution is 0.0600. The van der Waals surface area contributed by atoms with E-state index >= 15 is 0 Å². The first kappa shape index (κ1) is 19.6. The van der Waals surface area contributed by atoms with Crippen molar-refractivity contribution in [3.8, 4) is 0 Å². The Kier molecular flexibility index (Phi) is 4.89. The fraction of sp³-hybridized carbons (Fsp3) is 0.308. The molecule has 2 aliphatic rings. The van der Waals surface area contributed by atoms with Crippen molar-refractivity contribution in [3.05, 3.63) is 77.9 Å². The van der Waals surface area contributed by atoms with E-state index in [4.69, 9.17) is 4.74 Å². The van der Waals surface area contributed by atoms with Crippen molar-refractivity contribution in [2.45, 2.75) is 25.3 Å². The topological polar surface area (TPSA) is 58.6 Å². The first-order valence-electron chi connectivity index (χ1n) is 10.8. The van der Waals surface area contributed by atoms with Gasteiger partial charge in [0.2, 0.25) is 0 Å². The lowest BCUT2D eigenvalue weighted by Crippen LogP contribution is -2.38. The first-order valence-corrected chi connectivity index (χ1v) is 10.8. The number of methoxy groups -OCH3 is 1. The van der Waals surface area contributed by atoms with Crippen LogP contribution >= 0.6 is 0 Å². The molecule has 1 saturated heterocycles. The summed E-state index contributed by atoms with van der Waals surface area (Å²) in [5.41, 5.74) is 2.67. The number of hydrogen-bond acceptors (Lipinski definition) is 4. The number of ether oxygens (including phenoxy) is 1. The van der Waals surface area contributed by atoms with Crippen molar-refractivity contribution in [2.75, 3.05) is 25.1 Å². The van der Waals surface area contributed by atoms with E-state index in [1.54, 1.807) is 0 Å². The Balaban J connectivity index is 1.21. The maximum atomic E-state index is 13.0. The predicted molar refractivity (Wildman–Crippen MR) is 121 cm³/mol. The standard InChI is InChI=1S/C26H26N2O3/c1-31-25(30)19-9-11-20(12-10-19)28-15-13-26(14-16-28)17-23(26)27-24(29)22-8-4-6-18-5-2-3-7-21(18)22/h2-12,23H,13-17H2,1H3,(H,27,29). The molecule has 1 aliphatic heterocycles. The van der Waals surface area contributed by atoms with Gasteiger partial charge in [-0.2, -0.15) is 0 Å². The van der Waals surface area contributed by atoms with Gasteiger partial charge in [0.1, 0.15) is 0 Å². The van der Waals surface area contributed by atoms with E-state index in [0.29, 0.717) is 5.56 Å². The second-order valence-corrected chi connectivity index (χ2v) is 8.64. The number of amides is 1. The molecular weight excluding hydrogens is 388 g/mol. The quantitative estimate of drug-likeness (QED) is 0.643. The summed E-state index contributed by atoms with van der Waals surface area (Å²) < 4.78 is 4.77. The summed E-state index contributed by atoms with van der Waals surface area (Å²) in [6.07, 6.45) is 3.18. The average Bonchev–Trinajstić information content (AvgIpc) is 3.49. The molecule has 3 aromatic carbocycles. The Morgan fingerprint density at radius 1 is 0.968 bits per heavy atom. The Morgan fingerprint density at radius 2 is 1.68 bits per heavy atom. The highest BCUT2D eigenvalue weighted by Gasteiger charge is 2.55. The SMILES string of the molecule is COC(=O)c1ccc(N2CCC3(CC2)CC3NC(=O)c2cccc3ccccc23)cc1. The van der Waals surface area contributed by atoms with E-state index < -0.39 is 0 Å². The van der Waals surface area contributed by atoms with Crippen LogP contribution in [-0.2, 0) is 4.74 Å². The van der Waals surface area contributed by atoms with Crippen molar-refractivity contribution < 1.29 is 14.3 Å². The van der Waals surface area contributed by atoms with Crippen LogP contribution in [0.5, 0.6) is 0 Å². The minimum absolute atomic E-state index is 0.0273. The van der Waals surface area contributed by atoms with Crippen molar-refractivity contribution >= 4 is 28.3 Å². The van der Waals surface area contributed by atoms with Gasteiger partial charge < -0.3 is 15.0 Å². The highest BCUT2D eigenvalue weighted by atomic mass is 16.5. The average molecular weight is 415 g/mol. The van der Waals surface area contributed by atoms with Gasteiger partial charge in [0.15, 0.2) is 0 Å². The van der Waals surface area contributed by atoms with Crippen LogP contribution < -0.4 is 10.2 Å². The summed E-state index contributed by atoms with van der Waals surface area (Å²) in [6, 6.07) is 21.8. The minimum atomic E-state index is -0.313. The zero-order valence-electron chi connectivity index (χ0n) is 17.6. The fourth-order valence-corrected chi connectivity index (χ4v) is 4.90. The van der Waals surface area contributed by atoms with Crippen LogP contribution in [-0.4, -0.2) is 38.1 Å². The van der Waals surface area contributed by atoms with Crippen LogP contribution in [0.25, 0.3) is 10.8 Å². The maximum Gasteiger partial charge on any atom is 0.337 e. The van der Waals surface area contributed by atoms with Crippen LogP contribution in [0.3, 0.4) is 0 Å². The number of fused-ring (bicyclic) bond motifs is 1. The smallest absolute Gasteiger partial charge is 0.337 e. The molecule has 5 heteroatoms. The number of piperidine rings is 1. The Hall–Kier alpha value is -3.34. The van der Waals surface area contributed by atoms with Crippen molar-refractivity contribution in [2.24, 2.45) is 5.41 Å². The molecule has 31 heavy (non-hydrogen) atoms. The summed E-state index contributed by atoms with van der Waals surface area (Å²) >= 11 is 0. The van der Waals surface area contributed by atoms with Gasteiger partial charge in [0.05, 0.1) is 12.7 Å². The molecule has 1 N–H and O–H groups in total. The van der Waals surface area contributed by atoms with E-state index in [1.807, 2.05) is 66.7 Å². The van der Waals surface area contributed by atoms with Crippen molar-refractivity contribution in [3.63, 3.8) is 0 Å². The van der Waals surface area contributed by atoms with E-state index in [2.05, 4.69) is 10.2 Å². The second-order valence-electron chi connectivity index (χ2n) is 8.64. The van der Waals surface area contributed by atoms with Crippen LogP contribution in [0.15, 0.2) is 66.7 Å². The number of benzene rings is 3. The molecule has 1 saturated carbocycles.